The molecular formula is C4H5BNS. The summed E-state index contributed by atoms with van der Waals surface area (Å²) in [5.74, 6) is 0. The molecule has 35 valence electrons. The van der Waals surface area contributed by atoms with Crippen molar-refractivity contribution in [2.45, 2.75) is 6.82 Å². The highest BCUT2D eigenvalue weighted by molar-refractivity contribution is 7.16. The molecule has 0 aliphatic carbocycles. The number of rotatable bonds is 1. The maximum absolute atomic E-state index is 3.90. The molecule has 0 spiro atoms. The number of aromatic nitrogens is 1. The first-order valence-corrected chi connectivity index (χ1v) is 2.91. The first-order valence-electron chi connectivity index (χ1n) is 2.13. The van der Waals surface area contributed by atoms with Crippen LogP contribution in [0.3, 0.4) is 0 Å². The lowest BCUT2D eigenvalue weighted by Crippen LogP contribution is -2.01. The molecule has 0 atom stereocenters. The van der Waals surface area contributed by atoms with Crippen molar-refractivity contribution in [3.05, 3.63) is 12.3 Å². The summed E-state index contributed by atoms with van der Waals surface area (Å²) in [6, 6.07) is 1.99. The number of hydrogen-bond acceptors (Lipinski definition) is 2. The van der Waals surface area contributed by atoms with Gasteiger partial charge in [0.05, 0.1) is 0 Å². The second-order valence-corrected chi connectivity index (χ2v) is 2.07. The van der Waals surface area contributed by atoms with Crippen molar-refractivity contribution >= 4 is 23.6 Å². The van der Waals surface area contributed by atoms with Gasteiger partial charge in [-0.25, -0.2) is 4.37 Å². The van der Waals surface area contributed by atoms with Crippen molar-refractivity contribution in [1.82, 2.24) is 4.37 Å². The zero-order valence-corrected chi connectivity index (χ0v) is 4.90. The van der Waals surface area contributed by atoms with Gasteiger partial charge in [0.1, 0.15) is 0 Å². The molecule has 0 bridgehead atoms. The van der Waals surface area contributed by atoms with Gasteiger partial charge < -0.3 is 0 Å². The second-order valence-electron chi connectivity index (χ2n) is 1.20. The van der Waals surface area contributed by atoms with Crippen molar-refractivity contribution in [2.24, 2.45) is 0 Å². The normalized spacial score (nSPS) is 8.71. The lowest BCUT2D eigenvalue weighted by atomic mass is 9.81. The molecular weight excluding hydrogens is 105 g/mol. The molecule has 0 aromatic carbocycles. The van der Waals surface area contributed by atoms with Gasteiger partial charge in [0.15, 0.2) is 7.28 Å². The number of nitrogens with zero attached hydrogens (tertiary/aromatic N) is 1. The Labute approximate surface area is 47.8 Å². The van der Waals surface area contributed by atoms with Crippen LogP contribution in [0.25, 0.3) is 0 Å². The van der Waals surface area contributed by atoms with Crippen LogP contribution in [0.5, 0.6) is 0 Å². The van der Waals surface area contributed by atoms with Crippen LogP contribution in [0.1, 0.15) is 0 Å². The van der Waals surface area contributed by atoms with Gasteiger partial charge in [0, 0.05) is 6.20 Å². The molecule has 0 aliphatic rings. The fraction of sp³-hybridized carbons (Fsp3) is 0.250. The predicted octanol–water partition coefficient (Wildman–Crippen LogP) is 0.521. The van der Waals surface area contributed by atoms with Crippen LogP contribution in [0.15, 0.2) is 12.3 Å². The molecule has 1 nitrogen and oxygen atoms in total. The maximum Gasteiger partial charge on any atom is 0.164 e. The highest BCUT2D eigenvalue weighted by atomic mass is 32.1. The van der Waals surface area contributed by atoms with Crippen molar-refractivity contribution in [3.63, 3.8) is 0 Å². The molecule has 0 aliphatic heterocycles. The van der Waals surface area contributed by atoms with E-state index < -0.39 is 0 Å². The van der Waals surface area contributed by atoms with Gasteiger partial charge in [-0.1, -0.05) is 18.4 Å². The predicted molar refractivity (Wildman–Crippen MR) is 33.4 cm³/mol. The third-order valence-corrected chi connectivity index (χ3v) is 1.55. The Morgan fingerprint density at radius 3 is 3.00 bits per heavy atom. The van der Waals surface area contributed by atoms with E-state index in [1.54, 1.807) is 6.20 Å². The van der Waals surface area contributed by atoms with E-state index in [4.69, 9.17) is 0 Å². The molecule has 3 heteroatoms. The van der Waals surface area contributed by atoms with Crippen molar-refractivity contribution in [1.29, 1.82) is 0 Å². The fourth-order valence-corrected chi connectivity index (χ4v) is 0.845. The molecule has 0 saturated heterocycles. The quantitative estimate of drug-likeness (QED) is 0.480. The van der Waals surface area contributed by atoms with Gasteiger partial charge in [-0.2, -0.15) is 0 Å². The molecule has 1 aromatic heterocycles. The Morgan fingerprint density at radius 2 is 2.71 bits per heavy atom. The third kappa shape index (κ3) is 1.03. The molecule has 1 heterocycles. The summed E-state index contributed by atoms with van der Waals surface area (Å²) < 4.78 is 5.14. The Bertz CT molecular complexity index is 126. The van der Waals surface area contributed by atoms with E-state index in [0.29, 0.717) is 0 Å². The first kappa shape index (κ1) is 4.84. The number of hydrogen-bond donors (Lipinski definition) is 0. The lowest BCUT2D eigenvalue weighted by molar-refractivity contribution is 1.59. The van der Waals surface area contributed by atoms with Crippen LogP contribution in [0.2, 0.25) is 6.82 Å². The van der Waals surface area contributed by atoms with Crippen molar-refractivity contribution < 1.29 is 0 Å². The van der Waals surface area contributed by atoms with Gasteiger partial charge in [-0.15, -0.1) is 0 Å². The summed E-state index contributed by atoms with van der Waals surface area (Å²) in [6.45, 7) is 2.01. The zero-order valence-electron chi connectivity index (χ0n) is 4.09. The first-order chi connectivity index (χ1) is 3.43. The van der Waals surface area contributed by atoms with Gasteiger partial charge in [0.25, 0.3) is 0 Å². The zero-order chi connectivity index (χ0) is 5.11. The minimum Gasteiger partial charge on any atom is -0.202 e. The van der Waals surface area contributed by atoms with Crippen LogP contribution < -0.4 is 4.78 Å². The van der Waals surface area contributed by atoms with E-state index in [-0.39, 0.29) is 0 Å². The molecule has 1 rings (SSSR count). The van der Waals surface area contributed by atoms with E-state index in [9.17, 15) is 0 Å². The molecule has 0 unspecified atom stereocenters. The van der Waals surface area contributed by atoms with Crippen LogP contribution in [0, 0.1) is 0 Å². The maximum atomic E-state index is 3.90. The summed E-state index contributed by atoms with van der Waals surface area (Å²) >= 11 is 1.52. The SMILES string of the molecule is C[B]c1ccns1. The van der Waals surface area contributed by atoms with Gasteiger partial charge in [-0.3, -0.25) is 0 Å². The smallest absolute Gasteiger partial charge is 0.164 e. The molecule has 1 aromatic rings. The summed E-state index contributed by atoms with van der Waals surface area (Å²) in [4.78, 5) is 0. The van der Waals surface area contributed by atoms with E-state index in [0.717, 1.165) is 0 Å². The molecule has 0 fully saturated rings. The molecule has 1 radical (unpaired) electrons. The Kier molecular flexibility index (Phi) is 1.47. The molecule has 0 saturated carbocycles. The third-order valence-electron chi connectivity index (χ3n) is 0.742. The van der Waals surface area contributed by atoms with Gasteiger partial charge in [0.2, 0.25) is 0 Å². The molecule has 0 amide bonds. The van der Waals surface area contributed by atoms with Crippen LogP contribution in [-0.2, 0) is 0 Å². The van der Waals surface area contributed by atoms with Gasteiger partial charge >= 0.3 is 0 Å². The van der Waals surface area contributed by atoms with E-state index in [2.05, 4.69) is 4.37 Å². The second kappa shape index (κ2) is 2.12. The topological polar surface area (TPSA) is 12.9 Å². The Morgan fingerprint density at radius 1 is 1.86 bits per heavy atom. The van der Waals surface area contributed by atoms with E-state index in [1.807, 2.05) is 20.2 Å². The summed E-state index contributed by atoms with van der Waals surface area (Å²) in [7, 11) is 2.04. The average molecular weight is 110 g/mol. The largest absolute Gasteiger partial charge is 0.202 e. The Hall–Kier alpha value is -0.305. The van der Waals surface area contributed by atoms with Crippen LogP contribution in [0.4, 0.5) is 0 Å². The minimum absolute atomic E-state index is 1.24. The highest BCUT2D eigenvalue weighted by Gasteiger charge is 1.86. The minimum atomic E-state index is 1.24. The standard InChI is InChI=1S/C4H5BNS/c1-5-4-2-3-6-7-4/h2-3H,1H3. The molecule has 7 heavy (non-hydrogen) atoms. The van der Waals surface area contributed by atoms with Crippen molar-refractivity contribution in [2.75, 3.05) is 0 Å². The highest BCUT2D eigenvalue weighted by Crippen LogP contribution is 1.82. The van der Waals surface area contributed by atoms with Crippen LogP contribution in [-0.4, -0.2) is 11.7 Å². The summed E-state index contributed by atoms with van der Waals surface area (Å²) in [6.07, 6.45) is 1.81. The summed E-state index contributed by atoms with van der Waals surface area (Å²) in [5.41, 5.74) is 0. The van der Waals surface area contributed by atoms with Crippen LogP contribution >= 0.6 is 11.5 Å². The monoisotopic (exact) mass is 110 g/mol. The van der Waals surface area contributed by atoms with E-state index >= 15 is 0 Å². The lowest BCUT2D eigenvalue weighted by Gasteiger charge is -1.73. The summed E-state index contributed by atoms with van der Waals surface area (Å²) in [5, 5.41) is 0. The Balaban J connectivity index is 2.76. The van der Waals surface area contributed by atoms with E-state index in [1.165, 1.54) is 16.3 Å². The average Bonchev–Trinajstić information content (AvgIpc) is 2.14. The fourth-order valence-electron chi connectivity index (χ4n) is 0.375. The molecule has 0 N–H and O–H groups in total. The van der Waals surface area contributed by atoms with Gasteiger partial charge in [-0.05, 0) is 10.8 Å². The van der Waals surface area contributed by atoms with Crippen molar-refractivity contribution in [3.8, 4) is 0 Å².